The Bertz CT molecular complexity index is 401. The number of anilines is 1. The molecule has 0 bridgehead atoms. The van der Waals surface area contributed by atoms with Crippen molar-refractivity contribution in [1.29, 1.82) is 0 Å². The Hall–Kier alpha value is -1.17. The lowest BCUT2D eigenvalue weighted by Crippen LogP contribution is -2.39. The van der Waals surface area contributed by atoms with Crippen LogP contribution in [0.2, 0.25) is 0 Å². The summed E-state index contributed by atoms with van der Waals surface area (Å²) in [4.78, 5) is 1.97. The molecule has 1 aromatic carbocycles. The fraction of sp³-hybridized carbons (Fsp3) is 0.600. The number of benzene rings is 1. The van der Waals surface area contributed by atoms with Gasteiger partial charge in [0, 0.05) is 26.8 Å². The van der Waals surface area contributed by atoms with Gasteiger partial charge in [-0.05, 0) is 37.6 Å². The van der Waals surface area contributed by atoms with E-state index in [-0.39, 0.29) is 11.9 Å². The molecule has 0 fully saturated rings. The molecule has 2 N–H and O–H groups in total. The van der Waals surface area contributed by atoms with Gasteiger partial charge >= 0.3 is 0 Å². The van der Waals surface area contributed by atoms with E-state index in [1.807, 2.05) is 24.0 Å². The normalized spacial score (nSPS) is 12.4. The van der Waals surface area contributed by atoms with Gasteiger partial charge in [0.05, 0.1) is 18.9 Å². The third-order valence-electron chi connectivity index (χ3n) is 3.23. The van der Waals surface area contributed by atoms with Crippen molar-refractivity contribution >= 4 is 5.69 Å². The summed E-state index contributed by atoms with van der Waals surface area (Å²) in [7, 11) is 3.28. The third kappa shape index (κ3) is 4.74. The van der Waals surface area contributed by atoms with E-state index in [4.69, 9.17) is 15.2 Å². The number of methoxy groups -OCH3 is 2. The maximum atomic E-state index is 14.3. The number of nitrogens with zero attached hydrogens (tertiary/aromatic N) is 1. The van der Waals surface area contributed by atoms with Crippen LogP contribution in [-0.4, -0.2) is 46.6 Å². The average Bonchev–Trinajstić information content (AvgIpc) is 2.42. The van der Waals surface area contributed by atoms with E-state index in [9.17, 15) is 4.39 Å². The van der Waals surface area contributed by atoms with E-state index in [0.29, 0.717) is 38.4 Å². The van der Waals surface area contributed by atoms with Crippen LogP contribution >= 0.6 is 0 Å². The molecule has 0 radical (unpaired) electrons. The molecule has 1 aromatic rings. The van der Waals surface area contributed by atoms with Gasteiger partial charge in [0.2, 0.25) is 0 Å². The molecule has 0 heterocycles. The van der Waals surface area contributed by atoms with Crippen LogP contribution in [0, 0.1) is 5.82 Å². The number of halogens is 1. The van der Waals surface area contributed by atoms with Crippen molar-refractivity contribution in [2.75, 3.05) is 45.4 Å². The highest BCUT2D eigenvalue weighted by atomic mass is 19.1. The summed E-state index contributed by atoms with van der Waals surface area (Å²) in [5.41, 5.74) is 6.99. The molecule has 0 saturated carbocycles. The summed E-state index contributed by atoms with van der Waals surface area (Å²) in [6, 6.07) is 5.36. The molecule has 1 rings (SSSR count). The minimum atomic E-state index is -0.227. The largest absolute Gasteiger partial charge is 0.383 e. The highest BCUT2D eigenvalue weighted by Crippen LogP contribution is 2.23. The van der Waals surface area contributed by atoms with Gasteiger partial charge in [-0.2, -0.15) is 0 Å². The molecule has 20 heavy (non-hydrogen) atoms. The Labute approximate surface area is 120 Å². The number of hydrogen-bond donors (Lipinski definition) is 1. The second-order valence-corrected chi connectivity index (χ2v) is 4.81. The highest BCUT2D eigenvalue weighted by molar-refractivity contribution is 5.50. The van der Waals surface area contributed by atoms with Crippen LogP contribution < -0.4 is 10.6 Å². The fourth-order valence-corrected chi connectivity index (χ4v) is 2.20. The first-order valence-electron chi connectivity index (χ1n) is 6.87. The van der Waals surface area contributed by atoms with Gasteiger partial charge in [-0.15, -0.1) is 0 Å². The molecule has 0 aliphatic rings. The molecule has 1 atom stereocenters. The number of hydrogen-bond acceptors (Lipinski definition) is 4. The monoisotopic (exact) mass is 284 g/mol. The minimum absolute atomic E-state index is 0.0741. The number of ether oxygens (including phenoxy) is 2. The van der Waals surface area contributed by atoms with E-state index in [0.717, 1.165) is 5.56 Å². The van der Waals surface area contributed by atoms with Gasteiger partial charge in [0.25, 0.3) is 0 Å². The van der Waals surface area contributed by atoms with Crippen molar-refractivity contribution in [3.63, 3.8) is 0 Å². The van der Waals surface area contributed by atoms with Crippen molar-refractivity contribution in [2.45, 2.75) is 19.4 Å². The average molecular weight is 284 g/mol. The molecule has 0 aliphatic carbocycles. The van der Waals surface area contributed by atoms with Crippen LogP contribution in [0.5, 0.6) is 0 Å². The lowest BCUT2D eigenvalue weighted by Gasteiger charge is -2.31. The zero-order chi connectivity index (χ0) is 15.0. The van der Waals surface area contributed by atoms with Gasteiger partial charge in [-0.1, -0.05) is 6.07 Å². The van der Waals surface area contributed by atoms with Crippen molar-refractivity contribution in [1.82, 2.24) is 0 Å². The van der Waals surface area contributed by atoms with E-state index >= 15 is 0 Å². The van der Waals surface area contributed by atoms with Gasteiger partial charge < -0.3 is 20.1 Å². The van der Waals surface area contributed by atoms with E-state index in [2.05, 4.69) is 0 Å². The quantitative estimate of drug-likeness (QED) is 0.751. The Morgan fingerprint density at radius 3 is 2.60 bits per heavy atom. The van der Waals surface area contributed by atoms with Crippen molar-refractivity contribution < 1.29 is 13.9 Å². The molecule has 1 unspecified atom stereocenters. The lowest BCUT2D eigenvalue weighted by atomic mass is 10.1. The first-order valence-corrected chi connectivity index (χ1v) is 6.87. The van der Waals surface area contributed by atoms with Gasteiger partial charge in [0.15, 0.2) is 0 Å². The van der Waals surface area contributed by atoms with Gasteiger partial charge in [-0.3, -0.25) is 0 Å². The summed E-state index contributed by atoms with van der Waals surface area (Å²) in [6.07, 6.45) is 0.683. The van der Waals surface area contributed by atoms with Crippen molar-refractivity contribution in [2.24, 2.45) is 5.73 Å². The van der Waals surface area contributed by atoms with Crippen LogP contribution in [0.15, 0.2) is 18.2 Å². The Morgan fingerprint density at radius 1 is 1.30 bits per heavy atom. The predicted molar refractivity (Wildman–Crippen MR) is 79.7 cm³/mol. The van der Waals surface area contributed by atoms with Crippen LogP contribution in [0.25, 0.3) is 0 Å². The van der Waals surface area contributed by atoms with Gasteiger partial charge in [-0.25, -0.2) is 4.39 Å². The molecule has 0 aliphatic heterocycles. The van der Waals surface area contributed by atoms with Crippen LogP contribution in [0.1, 0.15) is 12.5 Å². The Morgan fingerprint density at radius 2 is 2.05 bits per heavy atom. The molecule has 0 saturated heterocycles. The molecule has 5 heteroatoms. The van der Waals surface area contributed by atoms with E-state index in [1.54, 1.807) is 20.3 Å². The van der Waals surface area contributed by atoms with Crippen molar-refractivity contribution in [3.8, 4) is 0 Å². The summed E-state index contributed by atoms with van der Waals surface area (Å²) in [5, 5.41) is 0. The minimum Gasteiger partial charge on any atom is -0.383 e. The number of rotatable bonds is 9. The van der Waals surface area contributed by atoms with E-state index in [1.165, 1.54) is 0 Å². The maximum absolute atomic E-state index is 14.3. The smallest absolute Gasteiger partial charge is 0.146 e. The third-order valence-corrected chi connectivity index (χ3v) is 3.23. The first-order chi connectivity index (χ1) is 9.63. The molecule has 0 spiro atoms. The zero-order valence-corrected chi connectivity index (χ0v) is 12.6. The summed E-state index contributed by atoms with van der Waals surface area (Å²) < 4.78 is 24.6. The Kier molecular flexibility index (Phi) is 7.51. The van der Waals surface area contributed by atoms with Crippen LogP contribution in [-0.2, 0) is 15.9 Å². The second kappa shape index (κ2) is 8.89. The molecule has 4 nitrogen and oxygen atoms in total. The number of nitrogens with two attached hydrogens (primary N) is 1. The van der Waals surface area contributed by atoms with E-state index < -0.39 is 0 Å². The van der Waals surface area contributed by atoms with Crippen LogP contribution in [0.3, 0.4) is 0 Å². The molecular weight excluding hydrogens is 259 g/mol. The van der Waals surface area contributed by atoms with Gasteiger partial charge in [0.1, 0.15) is 5.82 Å². The highest BCUT2D eigenvalue weighted by Gasteiger charge is 2.18. The maximum Gasteiger partial charge on any atom is 0.146 e. The SMILES string of the molecule is COCCN(c1ccc(CCN)cc1F)C(C)COC. The molecular formula is C15H25FN2O2. The van der Waals surface area contributed by atoms with Crippen LogP contribution in [0.4, 0.5) is 10.1 Å². The first kappa shape index (κ1) is 16.9. The standard InChI is InChI=1S/C15H25FN2O2/c1-12(11-20-3)18(8-9-19-2)15-5-4-13(6-7-17)10-14(15)16/h4-5,10,12H,6-9,11,17H2,1-3H3. The summed E-state index contributed by atoms with van der Waals surface area (Å²) in [5.74, 6) is -0.227. The lowest BCUT2D eigenvalue weighted by molar-refractivity contribution is 0.170. The zero-order valence-electron chi connectivity index (χ0n) is 12.6. The Balaban J connectivity index is 2.94. The summed E-state index contributed by atoms with van der Waals surface area (Å²) >= 11 is 0. The molecule has 0 amide bonds. The molecule has 0 aromatic heterocycles. The summed E-state index contributed by atoms with van der Waals surface area (Å²) in [6.45, 7) is 4.22. The topological polar surface area (TPSA) is 47.7 Å². The van der Waals surface area contributed by atoms with Crippen molar-refractivity contribution in [3.05, 3.63) is 29.6 Å². The fourth-order valence-electron chi connectivity index (χ4n) is 2.20. The second-order valence-electron chi connectivity index (χ2n) is 4.81. The molecule has 114 valence electrons. The predicted octanol–water partition coefficient (Wildman–Crippen LogP) is 1.81.